The number of hydrogen-bond donors (Lipinski definition) is 0. The van der Waals surface area contributed by atoms with E-state index in [1.54, 1.807) is 25.6 Å². The SMILES string of the molecule is COc1cncc(N=Cc2cncc(F)c2)c1. The summed E-state index contributed by atoms with van der Waals surface area (Å²) in [5.41, 5.74) is 1.22. The zero-order chi connectivity index (χ0) is 12.1. The summed E-state index contributed by atoms with van der Waals surface area (Å²) in [6, 6.07) is 3.08. The lowest BCUT2D eigenvalue weighted by molar-refractivity contribution is 0.413. The predicted octanol–water partition coefficient (Wildman–Crippen LogP) is 2.37. The van der Waals surface area contributed by atoms with Gasteiger partial charge in [-0.1, -0.05) is 0 Å². The Bertz CT molecular complexity index is 543. The van der Waals surface area contributed by atoms with Crippen LogP contribution < -0.4 is 4.74 Å². The van der Waals surface area contributed by atoms with E-state index in [0.29, 0.717) is 17.0 Å². The fraction of sp³-hybridized carbons (Fsp3) is 0.0833. The molecule has 0 radical (unpaired) electrons. The molecule has 0 N–H and O–H groups in total. The molecule has 0 spiro atoms. The molecule has 17 heavy (non-hydrogen) atoms. The van der Waals surface area contributed by atoms with Gasteiger partial charge in [0.05, 0.1) is 31.4 Å². The van der Waals surface area contributed by atoms with Crippen LogP contribution in [0.4, 0.5) is 10.1 Å². The number of rotatable bonds is 3. The van der Waals surface area contributed by atoms with Gasteiger partial charge in [0.2, 0.25) is 0 Å². The zero-order valence-corrected chi connectivity index (χ0v) is 9.17. The van der Waals surface area contributed by atoms with Gasteiger partial charge in [0, 0.05) is 24.0 Å². The summed E-state index contributed by atoms with van der Waals surface area (Å²) in [4.78, 5) is 11.8. The van der Waals surface area contributed by atoms with Gasteiger partial charge in [0.25, 0.3) is 0 Å². The standard InChI is InChI=1S/C12H10FN3O/c1-17-12-3-11(7-15-8-12)16-5-9-2-10(13)6-14-4-9/h2-8H,1H3. The monoisotopic (exact) mass is 231 g/mol. The first-order chi connectivity index (χ1) is 8.28. The topological polar surface area (TPSA) is 47.4 Å². The zero-order valence-electron chi connectivity index (χ0n) is 9.17. The fourth-order valence-corrected chi connectivity index (χ4v) is 1.24. The molecule has 0 saturated heterocycles. The number of nitrogens with zero attached hydrogens (tertiary/aromatic N) is 3. The van der Waals surface area contributed by atoms with Crippen LogP contribution in [0.1, 0.15) is 5.56 Å². The van der Waals surface area contributed by atoms with Crippen molar-refractivity contribution in [1.82, 2.24) is 9.97 Å². The van der Waals surface area contributed by atoms with Crippen molar-refractivity contribution in [2.75, 3.05) is 7.11 Å². The van der Waals surface area contributed by atoms with Gasteiger partial charge >= 0.3 is 0 Å². The number of halogens is 1. The van der Waals surface area contributed by atoms with Gasteiger partial charge in [0.1, 0.15) is 11.6 Å². The lowest BCUT2D eigenvalue weighted by Crippen LogP contribution is -1.86. The maximum absolute atomic E-state index is 12.9. The minimum atomic E-state index is -0.391. The lowest BCUT2D eigenvalue weighted by Gasteiger charge is -1.98. The molecule has 2 rings (SSSR count). The Balaban J connectivity index is 2.19. The second-order valence-corrected chi connectivity index (χ2v) is 3.28. The van der Waals surface area contributed by atoms with Gasteiger partial charge in [-0.2, -0.15) is 0 Å². The first-order valence-electron chi connectivity index (χ1n) is 4.91. The molecule has 0 aromatic carbocycles. The second-order valence-electron chi connectivity index (χ2n) is 3.28. The Kier molecular flexibility index (Phi) is 3.40. The average Bonchev–Trinajstić information content (AvgIpc) is 2.37. The van der Waals surface area contributed by atoms with E-state index in [1.807, 2.05) is 0 Å². The molecule has 4 nitrogen and oxygen atoms in total. The van der Waals surface area contributed by atoms with Crippen molar-refractivity contribution in [3.63, 3.8) is 0 Å². The summed E-state index contributed by atoms with van der Waals surface area (Å²) in [6.45, 7) is 0. The molecule has 0 atom stereocenters. The van der Waals surface area contributed by atoms with Crippen LogP contribution >= 0.6 is 0 Å². The van der Waals surface area contributed by atoms with E-state index in [2.05, 4.69) is 15.0 Å². The van der Waals surface area contributed by atoms with Gasteiger partial charge in [-0.15, -0.1) is 0 Å². The number of pyridine rings is 2. The first kappa shape index (κ1) is 11.2. The molecule has 0 amide bonds. The van der Waals surface area contributed by atoms with Crippen LogP contribution in [0.25, 0.3) is 0 Å². The molecule has 0 fully saturated rings. The van der Waals surface area contributed by atoms with Crippen LogP contribution in [-0.2, 0) is 0 Å². The summed E-state index contributed by atoms with van der Waals surface area (Å²) in [7, 11) is 1.56. The highest BCUT2D eigenvalue weighted by Gasteiger charge is 1.95. The molecule has 0 bridgehead atoms. The largest absolute Gasteiger partial charge is 0.495 e. The number of ether oxygens (including phenoxy) is 1. The van der Waals surface area contributed by atoms with Crippen LogP contribution in [0, 0.1) is 5.82 Å². The molecule has 0 aliphatic carbocycles. The molecular formula is C12H10FN3O. The molecular weight excluding hydrogens is 221 g/mol. The third-order valence-corrected chi connectivity index (χ3v) is 2.02. The Labute approximate surface area is 97.8 Å². The van der Waals surface area contributed by atoms with E-state index in [9.17, 15) is 4.39 Å². The fourth-order valence-electron chi connectivity index (χ4n) is 1.24. The Hall–Kier alpha value is -2.30. The molecule has 86 valence electrons. The molecule has 2 heterocycles. The molecule has 0 aliphatic rings. The van der Waals surface area contributed by atoms with Gasteiger partial charge in [0.15, 0.2) is 0 Å². The van der Waals surface area contributed by atoms with Crippen molar-refractivity contribution in [3.8, 4) is 5.75 Å². The Morgan fingerprint density at radius 2 is 2.00 bits per heavy atom. The Morgan fingerprint density at radius 3 is 2.76 bits per heavy atom. The first-order valence-corrected chi connectivity index (χ1v) is 4.91. The smallest absolute Gasteiger partial charge is 0.142 e. The van der Waals surface area contributed by atoms with Crippen LogP contribution in [0.5, 0.6) is 5.75 Å². The minimum absolute atomic E-state index is 0.391. The molecule has 5 heteroatoms. The van der Waals surface area contributed by atoms with Gasteiger partial charge in [-0.3, -0.25) is 15.0 Å². The van der Waals surface area contributed by atoms with Crippen molar-refractivity contribution in [1.29, 1.82) is 0 Å². The molecule has 0 unspecified atom stereocenters. The molecule has 2 aromatic rings. The summed E-state index contributed by atoms with van der Waals surface area (Å²) in [5, 5.41) is 0. The highest BCUT2D eigenvalue weighted by molar-refractivity contribution is 5.81. The van der Waals surface area contributed by atoms with E-state index in [1.165, 1.54) is 18.5 Å². The second kappa shape index (κ2) is 5.16. The van der Waals surface area contributed by atoms with Crippen LogP contribution in [0.15, 0.2) is 41.9 Å². The third-order valence-electron chi connectivity index (χ3n) is 2.02. The van der Waals surface area contributed by atoms with E-state index in [0.717, 1.165) is 6.20 Å². The average molecular weight is 231 g/mol. The number of aromatic nitrogens is 2. The van der Waals surface area contributed by atoms with Crippen molar-refractivity contribution < 1.29 is 9.13 Å². The normalized spacial score (nSPS) is 10.7. The van der Waals surface area contributed by atoms with Gasteiger partial charge in [-0.25, -0.2) is 4.39 Å². The van der Waals surface area contributed by atoms with Crippen LogP contribution in [0.2, 0.25) is 0 Å². The number of aliphatic imine (C=N–C) groups is 1. The highest BCUT2D eigenvalue weighted by atomic mass is 19.1. The molecule has 2 aromatic heterocycles. The van der Waals surface area contributed by atoms with E-state index in [4.69, 9.17) is 4.74 Å². The summed E-state index contributed by atoms with van der Waals surface area (Å²) in [5.74, 6) is 0.231. The lowest BCUT2D eigenvalue weighted by atomic mass is 10.3. The van der Waals surface area contributed by atoms with Crippen LogP contribution in [0.3, 0.4) is 0 Å². The van der Waals surface area contributed by atoms with E-state index in [-0.39, 0.29) is 0 Å². The minimum Gasteiger partial charge on any atom is -0.495 e. The maximum atomic E-state index is 12.9. The summed E-state index contributed by atoms with van der Waals surface area (Å²) in [6.07, 6.45) is 7.37. The van der Waals surface area contributed by atoms with E-state index < -0.39 is 5.82 Å². The van der Waals surface area contributed by atoms with Crippen molar-refractivity contribution in [2.24, 2.45) is 4.99 Å². The van der Waals surface area contributed by atoms with Crippen molar-refractivity contribution in [2.45, 2.75) is 0 Å². The Morgan fingerprint density at radius 1 is 1.18 bits per heavy atom. The van der Waals surface area contributed by atoms with Crippen molar-refractivity contribution >= 4 is 11.9 Å². The molecule has 0 saturated carbocycles. The number of hydrogen-bond acceptors (Lipinski definition) is 4. The summed E-state index contributed by atoms with van der Waals surface area (Å²) >= 11 is 0. The van der Waals surface area contributed by atoms with Gasteiger partial charge in [-0.05, 0) is 6.07 Å². The molecule has 0 aliphatic heterocycles. The van der Waals surface area contributed by atoms with Crippen molar-refractivity contribution in [3.05, 3.63) is 48.3 Å². The van der Waals surface area contributed by atoms with E-state index >= 15 is 0 Å². The number of methoxy groups -OCH3 is 1. The third kappa shape index (κ3) is 3.07. The maximum Gasteiger partial charge on any atom is 0.142 e. The summed E-state index contributed by atoms with van der Waals surface area (Å²) < 4.78 is 17.9. The van der Waals surface area contributed by atoms with Gasteiger partial charge < -0.3 is 4.74 Å². The predicted molar refractivity (Wildman–Crippen MR) is 62.2 cm³/mol. The quantitative estimate of drug-likeness (QED) is 0.762. The van der Waals surface area contributed by atoms with Crippen LogP contribution in [-0.4, -0.2) is 23.3 Å². The highest BCUT2D eigenvalue weighted by Crippen LogP contribution is 2.17.